The largest absolute Gasteiger partial charge is 0.486 e. The molecule has 1 aromatic rings. The van der Waals surface area contributed by atoms with Crippen molar-refractivity contribution in [2.24, 2.45) is 0 Å². The van der Waals surface area contributed by atoms with E-state index in [1.165, 1.54) is 17.5 Å². The molecule has 0 saturated carbocycles. The molecule has 1 aromatic carbocycles. The van der Waals surface area contributed by atoms with Crippen LogP contribution in [-0.2, 0) is 13.0 Å². The van der Waals surface area contributed by atoms with Gasteiger partial charge in [-0.25, -0.2) is 0 Å². The minimum Gasteiger partial charge on any atom is -0.486 e. The molecule has 0 aromatic heterocycles. The molecule has 0 bridgehead atoms. The van der Waals surface area contributed by atoms with Gasteiger partial charge < -0.3 is 15.4 Å². The van der Waals surface area contributed by atoms with Crippen LogP contribution in [0.5, 0.6) is 5.75 Å². The first-order valence-electron chi connectivity index (χ1n) is 6.97. The minimum atomic E-state index is -0.0423. The van der Waals surface area contributed by atoms with Gasteiger partial charge in [0.15, 0.2) is 0 Å². The minimum absolute atomic E-state index is 0.0423. The number of benzene rings is 1. The Balaban J connectivity index is 1.76. The summed E-state index contributed by atoms with van der Waals surface area (Å²) in [7, 11) is 0. The van der Waals surface area contributed by atoms with Crippen molar-refractivity contribution in [2.45, 2.75) is 38.3 Å². The van der Waals surface area contributed by atoms with Crippen molar-refractivity contribution >= 4 is 0 Å². The summed E-state index contributed by atoms with van der Waals surface area (Å²) < 4.78 is 6.23. The van der Waals surface area contributed by atoms with Crippen molar-refractivity contribution in [3.8, 4) is 5.75 Å². The Morgan fingerprint density at radius 3 is 2.94 bits per heavy atom. The molecule has 1 unspecified atom stereocenters. The van der Waals surface area contributed by atoms with E-state index in [9.17, 15) is 0 Å². The van der Waals surface area contributed by atoms with E-state index in [2.05, 4.69) is 35.8 Å². The predicted octanol–water partition coefficient (Wildman–Crippen LogP) is 1.85. The number of nitrogens with one attached hydrogen (secondary N) is 2. The number of hydrogen-bond donors (Lipinski definition) is 2. The number of ether oxygens (including phenoxy) is 1. The average Bonchev–Trinajstić information content (AvgIpc) is 2.39. The second kappa shape index (κ2) is 4.90. The number of rotatable bonds is 2. The molecule has 2 heterocycles. The van der Waals surface area contributed by atoms with Gasteiger partial charge in [-0.15, -0.1) is 0 Å². The molecule has 1 fully saturated rings. The summed E-state index contributed by atoms with van der Waals surface area (Å²) in [5.74, 6) is 1.03. The zero-order valence-corrected chi connectivity index (χ0v) is 11.1. The molecule has 0 spiro atoms. The zero-order chi connectivity index (χ0) is 12.4. The van der Waals surface area contributed by atoms with Gasteiger partial charge in [0.05, 0.1) is 0 Å². The van der Waals surface area contributed by atoms with Gasteiger partial charge >= 0.3 is 0 Å². The van der Waals surface area contributed by atoms with Crippen LogP contribution in [0.4, 0.5) is 0 Å². The molecule has 0 radical (unpaired) electrons. The number of fused-ring (bicyclic) bond motifs is 1. The van der Waals surface area contributed by atoms with E-state index >= 15 is 0 Å². The van der Waals surface area contributed by atoms with Gasteiger partial charge in [0.1, 0.15) is 11.4 Å². The fourth-order valence-corrected chi connectivity index (χ4v) is 2.92. The molecule has 3 heteroatoms. The van der Waals surface area contributed by atoms with E-state index < -0.39 is 0 Å². The lowest BCUT2D eigenvalue weighted by atomic mass is 9.96. The highest BCUT2D eigenvalue weighted by molar-refractivity contribution is 5.37. The summed E-state index contributed by atoms with van der Waals surface area (Å²) in [6.07, 6.45) is 3.45. The Kier molecular flexibility index (Phi) is 3.27. The highest BCUT2D eigenvalue weighted by atomic mass is 16.5. The van der Waals surface area contributed by atoms with Gasteiger partial charge in [-0.2, -0.15) is 0 Å². The van der Waals surface area contributed by atoms with Crippen LogP contribution in [-0.4, -0.2) is 25.2 Å². The predicted molar refractivity (Wildman–Crippen MR) is 73.0 cm³/mol. The van der Waals surface area contributed by atoms with Gasteiger partial charge in [0.2, 0.25) is 0 Å². The highest BCUT2D eigenvalue weighted by Gasteiger charge is 2.28. The highest BCUT2D eigenvalue weighted by Crippen LogP contribution is 2.27. The normalized spacial score (nSPS) is 27.6. The van der Waals surface area contributed by atoms with E-state index in [0.717, 1.165) is 44.8 Å². The third-order valence-corrected chi connectivity index (χ3v) is 3.99. The van der Waals surface area contributed by atoms with Crippen LogP contribution in [0.1, 0.15) is 30.9 Å². The lowest BCUT2D eigenvalue weighted by Crippen LogP contribution is -2.47. The van der Waals surface area contributed by atoms with Crippen LogP contribution in [0, 0.1) is 0 Å². The molecule has 2 N–H and O–H groups in total. The maximum absolute atomic E-state index is 6.23. The van der Waals surface area contributed by atoms with Gasteiger partial charge in [-0.1, -0.05) is 6.07 Å². The molecule has 2 aliphatic rings. The topological polar surface area (TPSA) is 33.3 Å². The fraction of sp³-hybridized carbons (Fsp3) is 0.600. The Morgan fingerprint density at radius 2 is 2.11 bits per heavy atom. The van der Waals surface area contributed by atoms with Crippen LogP contribution < -0.4 is 15.4 Å². The third-order valence-electron chi connectivity index (χ3n) is 3.99. The van der Waals surface area contributed by atoms with Crippen molar-refractivity contribution < 1.29 is 4.74 Å². The molecule has 2 aliphatic heterocycles. The molecular weight excluding hydrogens is 224 g/mol. The van der Waals surface area contributed by atoms with Crippen LogP contribution in [0.2, 0.25) is 0 Å². The first kappa shape index (κ1) is 12.0. The van der Waals surface area contributed by atoms with Gasteiger partial charge in [0, 0.05) is 13.1 Å². The Labute approximate surface area is 109 Å². The number of piperidine rings is 1. The molecule has 3 rings (SSSR count). The summed E-state index contributed by atoms with van der Waals surface area (Å²) >= 11 is 0. The van der Waals surface area contributed by atoms with Crippen molar-refractivity contribution in [2.75, 3.05) is 19.6 Å². The summed E-state index contributed by atoms with van der Waals surface area (Å²) in [5, 5.41) is 6.82. The lowest BCUT2D eigenvalue weighted by molar-refractivity contribution is 0.0613. The van der Waals surface area contributed by atoms with E-state index in [0.29, 0.717) is 0 Å². The van der Waals surface area contributed by atoms with Crippen molar-refractivity contribution in [3.05, 3.63) is 29.3 Å². The monoisotopic (exact) mass is 246 g/mol. The van der Waals surface area contributed by atoms with Gasteiger partial charge in [-0.05, 0) is 62.5 Å². The Bertz CT molecular complexity index is 425. The van der Waals surface area contributed by atoms with Gasteiger partial charge in [0.25, 0.3) is 0 Å². The molecule has 1 atom stereocenters. The molecule has 3 nitrogen and oxygen atoms in total. The average molecular weight is 246 g/mol. The second-order valence-electron chi connectivity index (χ2n) is 5.69. The smallest absolute Gasteiger partial charge is 0.120 e. The molecule has 1 saturated heterocycles. The maximum atomic E-state index is 6.23. The second-order valence-corrected chi connectivity index (χ2v) is 5.69. The first-order chi connectivity index (χ1) is 8.75. The van der Waals surface area contributed by atoms with Crippen LogP contribution in [0.3, 0.4) is 0 Å². The van der Waals surface area contributed by atoms with Gasteiger partial charge in [-0.3, -0.25) is 0 Å². The van der Waals surface area contributed by atoms with E-state index in [4.69, 9.17) is 4.74 Å². The number of hydrogen-bond acceptors (Lipinski definition) is 3. The lowest BCUT2D eigenvalue weighted by Gasteiger charge is -2.35. The third kappa shape index (κ3) is 2.52. The summed E-state index contributed by atoms with van der Waals surface area (Å²) in [6, 6.07) is 6.55. The van der Waals surface area contributed by atoms with Crippen LogP contribution in [0.25, 0.3) is 0 Å². The van der Waals surface area contributed by atoms with E-state index in [-0.39, 0.29) is 5.60 Å². The quantitative estimate of drug-likeness (QED) is 0.835. The molecule has 98 valence electrons. The maximum Gasteiger partial charge on any atom is 0.120 e. The summed E-state index contributed by atoms with van der Waals surface area (Å²) in [4.78, 5) is 0. The summed E-state index contributed by atoms with van der Waals surface area (Å²) in [5.41, 5.74) is 2.82. The Hall–Kier alpha value is -1.06. The zero-order valence-electron chi connectivity index (χ0n) is 11.1. The van der Waals surface area contributed by atoms with Crippen molar-refractivity contribution in [1.82, 2.24) is 10.6 Å². The molecule has 18 heavy (non-hydrogen) atoms. The molecule has 0 amide bonds. The van der Waals surface area contributed by atoms with Crippen LogP contribution >= 0.6 is 0 Å². The summed E-state index contributed by atoms with van der Waals surface area (Å²) in [6.45, 7) is 6.35. The first-order valence-corrected chi connectivity index (χ1v) is 6.97. The van der Waals surface area contributed by atoms with Crippen molar-refractivity contribution in [3.63, 3.8) is 0 Å². The Morgan fingerprint density at radius 1 is 1.17 bits per heavy atom. The van der Waals surface area contributed by atoms with E-state index in [1.807, 2.05) is 0 Å². The van der Waals surface area contributed by atoms with Crippen molar-refractivity contribution in [1.29, 1.82) is 0 Å². The SMILES string of the molecule is CC1(Oc2ccc3c(c2)CCNC3)CCCNC1. The van der Waals surface area contributed by atoms with E-state index in [1.54, 1.807) is 0 Å². The van der Waals surface area contributed by atoms with Crippen LogP contribution in [0.15, 0.2) is 18.2 Å². The standard InChI is InChI=1S/C15H22N2O/c1-15(6-2-7-17-11-15)18-14-4-3-13-10-16-8-5-12(13)9-14/h3-4,9,16-17H,2,5-8,10-11H2,1H3. The molecule has 0 aliphatic carbocycles. The fourth-order valence-electron chi connectivity index (χ4n) is 2.92. The molecular formula is C15H22N2O.